The van der Waals surface area contributed by atoms with Crippen molar-refractivity contribution in [1.82, 2.24) is 19.7 Å². The molecular formula is C25H24N4O2. The highest BCUT2D eigenvalue weighted by atomic mass is 16.2. The van der Waals surface area contributed by atoms with Crippen LogP contribution < -0.4 is 0 Å². The molecule has 0 aliphatic rings. The molecule has 2 aromatic carbocycles. The number of benzene rings is 2. The summed E-state index contributed by atoms with van der Waals surface area (Å²) in [5, 5.41) is 5.61. The monoisotopic (exact) mass is 412 g/mol. The van der Waals surface area contributed by atoms with Crippen molar-refractivity contribution in [2.45, 2.75) is 13.3 Å². The first-order chi connectivity index (χ1) is 14.8. The van der Waals surface area contributed by atoms with Gasteiger partial charge in [-0.05, 0) is 47.9 Å². The molecule has 0 saturated carbocycles. The molecule has 2 aromatic heterocycles. The number of fused-ring (bicyclic) bond motifs is 1. The van der Waals surface area contributed by atoms with E-state index in [-0.39, 0.29) is 11.7 Å². The molecule has 0 bridgehead atoms. The number of Topliss-reactive ketones (excluding diaryl/α,β-unsaturated/α-hetero) is 1. The highest BCUT2D eigenvalue weighted by Crippen LogP contribution is 2.31. The molecule has 0 aliphatic heterocycles. The van der Waals surface area contributed by atoms with Crippen molar-refractivity contribution in [3.8, 4) is 22.4 Å². The predicted octanol–water partition coefficient (Wildman–Crippen LogP) is 4.14. The molecule has 0 unspecified atom stereocenters. The molecule has 6 heteroatoms. The Morgan fingerprint density at radius 1 is 0.968 bits per heavy atom. The van der Waals surface area contributed by atoms with Crippen LogP contribution in [0.25, 0.3) is 33.4 Å². The van der Waals surface area contributed by atoms with E-state index in [4.69, 9.17) is 5.10 Å². The first-order valence-electron chi connectivity index (χ1n) is 10.1. The van der Waals surface area contributed by atoms with Gasteiger partial charge in [-0.15, -0.1) is 0 Å². The van der Waals surface area contributed by atoms with Crippen LogP contribution in [0.3, 0.4) is 0 Å². The third kappa shape index (κ3) is 4.10. The topological polar surface area (TPSA) is 68.1 Å². The molecule has 156 valence electrons. The van der Waals surface area contributed by atoms with Gasteiger partial charge in [-0.2, -0.15) is 5.10 Å². The predicted molar refractivity (Wildman–Crippen MR) is 122 cm³/mol. The summed E-state index contributed by atoms with van der Waals surface area (Å²) in [5.74, 6) is 0.0823. The zero-order valence-corrected chi connectivity index (χ0v) is 18.1. The van der Waals surface area contributed by atoms with E-state index in [0.29, 0.717) is 12.0 Å². The van der Waals surface area contributed by atoms with Crippen molar-refractivity contribution in [2.75, 3.05) is 14.1 Å². The summed E-state index contributed by atoms with van der Waals surface area (Å²) in [7, 11) is 5.36. The molecule has 0 N–H and O–H groups in total. The number of ketones is 1. The highest BCUT2D eigenvalue weighted by molar-refractivity contribution is 5.95. The lowest BCUT2D eigenvalue weighted by Gasteiger charge is -2.11. The second kappa shape index (κ2) is 8.14. The zero-order valence-electron chi connectivity index (χ0n) is 18.1. The summed E-state index contributed by atoms with van der Waals surface area (Å²) in [6.07, 6.45) is 2.09. The standard InChI is InChI=1S/C25H24N4O2/c1-16(30)12-17-13-22-23(27-29(4)24(22)26-15-17)21-7-5-6-20(14-21)18-8-10-19(11-9-18)25(31)28(2)3/h5-11,13-15H,12H2,1-4H3. The molecular weight excluding hydrogens is 388 g/mol. The lowest BCUT2D eigenvalue weighted by Crippen LogP contribution is -2.21. The average Bonchev–Trinajstić information content (AvgIpc) is 3.09. The summed E-state index contributed by atoms with van der Waals surface area (Å²) >= 11 is 0. The van der Waals surface area contributed by atoms with Gasteiger partial charge >= 0.3 is 0 Å². The Bertz CT molecular complexity index is 1290. The second-order valence-corrected chi connectivity index (χ2v) is 7.92. The van der Waals surface area contributed by atoms with Gasteiger partial charge < -0.3 is 4.90 Å². The number of aryl methyl sites for hydroxylation is 1. The second-order valence-electron chi connectivity index (χ2n) is 7.92. The van der Waals surface area contributed by atoms with Crippen LogP contribution in [0, 0.1) is 0 Å². The van der Waals surface area contributed by atoms with E-state index in [9.17, 15) is 9.59 Å². The maximum Gasteiger partial charge on any atom is 0.253 e. The number of carbonyl (C=O) groups is 2. The van der Waals surface area contributed by atoms with Crippen LogP contribution in [0.1, 0.15) is 22.8 Å². The van der Waals surface area contributed by atoms with Crippen molar-refractivity contribution in [1.29, 1.82) is 0 Å². The fraction of sp³-hybridized carbons (Fsp3) is 0.200. The van der Waals surface area contributed by atoms with Gasteiger partial charge in [-0.3, -0.25) is 9.59 Å². The minimum absolute atomic E-state index is 0.0193. The van der Waals surface area contributed by atoms with Crippen molar-refractivity contribution in [3.05, 3.63) is 71.9 Å². The number of pyridine rings is 1. The van der Waals surface area contributed by atoms with Crippen molar-refractivity contribution < 1.29 is 9.59 Å². The Hall–Kier alpha value is -3.80. The molecule has 31 heavy (non-hydrogen) atoms. The number of rotatable bonds is 5. The van der Waals surface area contributed by atoms with E-state index in [1.807, 2.05) is 55.6 Å². The van der Waals surface area contributed by atoms with E-state index < -0.39 is 0 Å². The quantitative estimate of drug-likeness (QED) is 0.494. The Balaban J connectivity index is 1.74. The Morgan fingerprint density at radius 2 is 1.68 bits per heavy atom. The molecule has 0 fully saturated rings. The van der Waals surface area contributed by atoms with Crippen LogP contribution in [-0.4, -0.2) is 45.5 Å². The van der Waals surface area contributed by atoms with E-state index in [1.54, 1.807) is 36.8 Å². The van der Waals surface area contributed by atoms with Crippen LogP contribution in [0.15, 0.2) is 60.8 Å². The number of aromatic nitrogens is 3. The van der Waals surface area contributed by atoms with Crippen molar-refractivity contribution in [3.63, 3.8) is 0 Å². The van der Waals surface area contributed by atoms with E-state index >= 15 is 0 Å². The van der Waals surface area contributed by atoms with Crippen molar-refractivity contribution >= 4 is 22.7 Å². The first-order valence-corrected chi connectivity index (χ1v) is 10.1. The molecule has 4 rings (SSSR count). The average molecular weight is 412 g/mol. The minimum Gasteiger partial charge on any atom is -0.345 e. The number of nitrogens with zero attached hydrogens (tertiary/aromatic N) is 4. The molecule has 2 heterocycles. The SMILES string of the molecule is CC(=O)Cc1cnc2c(c1)c(-c1cccc(-c3ccc(C(=O)N(C)C)cc3)c1)nn2C. The van der Waals surface area contributed by atoms with Gasteiger partial charge in [0, 0.05) is 50.3 Å². The number of hydrogen-bond donors (Lipinski definition) is 0. The van der Waals surface area contributed by atoms with Crippen LogP contribution in [-0.2, 0) is 18.3 Å². The minimum atomic E-state index is -0.0193. The summed E-state index contributed by atoms with van der Waals surface area (Å²) in [6, 6.07) is 17.7. The molecule has 0 radical (unpaired) electrons. The number of amides is 1. The van der Waals surface area contributed by atoms with Gasteiger partial charge in [0.2, 0.25) is 0 Å². The van der Waals surface area contributed by atoms with Gasteiger partial charge in [-0.1, -0.05) is 30.3 Å². The lowest BCUT2D eigenvalue weighted by atomic mass is 9.99. The summed E-state index contributed by atoms with van der Waals surface area (Å²) in [4.78, 5) is 29.8. The maximum atomic E-state index is 12.1. The van der Waals surface area contributed by atoms with Crippen molar-refractivity contribution in [2.24, 2.45) is 7.05 Å². The smallest absolute Gasteiger partial charge is 0.253 e. The Kier molecular flexibility index (Phi) is 5.38. The molecule has 1 amide bonds. The summed E-state index contributed by atoms with van der Waals surface area (Å²) in [6.45, 7) is 1.58. The van der Waals surface area contributed by atoms with Gasteiger partial charge in [0.1, 0.15) is 11.5 Å². The largest absolute Gasteiger partial charge is 0.345 e. The van der Waals surface area contributed by atoms with Crippen LogP contribution in [0.4, 0.5) is 0 Å². The zero-order chi connectivity index (χ0) is 22.1. The van der Waals surface area contributed by atoms with Crippen LogP contribution >= 0.6 is 0 Å². The number of carbonyl (C=O) groups excluding carboxylic acids is 2. The van der Waals surface area contributed by atoms with Crippen LogP contribution in [0.2, 0.25) is 0 Å². The molecule has 0 spiro atoms. The first kappa shape index (κ1) is 20.5. The Labute approximate surface area is 181 Å². The van der Waals surface area contributed by atoms with E-state index in [0.717, 1.165) is 39.0 Å². The summed E-state index contributed by atoms with van der Waals surface area (Å²) < 4.78 is 1.76. The van der Waals surface area contributed by atoms with Gasteiger partial charge in [-0.25, -0.2) is 9.67 Å². The summed E-state index contributed by atoms with van der Waals surface area (Å²) in [5.41, 5.74) is 6.17. The molecule has 6 nitrogen and oxygen atoms in total. The lowest BCUT2D eigenvalue weighted by molar-refractivity contribution is -0.116. The van der Waals surface area contributed by atoms with E-state index in [2.05, 4.69) is 11.1 Å². The van der Waals surface area contributed by atoms with Crippen LogP contribution in [0.5, 0.6) is 0 Å². The molecule has 0 saturated heterocycles. The van der Waals surface area contributed by atoms with Gasteiger partial charge in [0.05, 0.1) is 0 Å². The molecule has 0 atom stereocenters. The number of hydrogen-bond acceptors (Lipinski definition) is 4. The third-order valence-corrected chi connectivity index (χ3v) is 5.20. The Morgan fingerprint density at radius 3 is 2.35 bits per heavy atom. The van der Waals surface area contributed by atoms with Gasteiger partial charge in [0.25, 0.3) is 5.91 Å². The molecule has 4 aromatic rings. The van der Waals surface area contributed by atoms with Gasteiger partial charge in [0.15, 0.2) is 5.65 Å². The normalized spacial score (nSPS) is 11.0. The maximum absolute atomic E-state index is 12.1. The fourth-order valence-electron chi connectivity index (χ4n) is 3.69. The fourth-order valence-corrected chi connectivity index (χ4v) is 3.69. The highest BCUT2D eigenvalue weighted by Gasteiger charge is 2.14. The third-order valence-electron chi connectivity index (χ3n) is 5.20. The van der Waals surface area contributed by atoms with E-state index in [1.165, 1.54) is 0 Å². The molecule has 0 aliphatic carbocycles.